The largest absolute Gasteiger partial charge is 0.496 e. The molecule has 0 spiro atoms. The number of carbonyl (C=O) groups excluding carboxylic acids is 1. The van der Waals surface area contributed by atoms with E-state index in [4.69, 9.17) is 4.74 Å². The lowest BCUT2D eigenvalue weighted by Gasteiger charge is -2.15. The molecule has 3 N–H and O–H groups in total. The predicted molar refractivity (Wildman–Crippen MR) is 100 cm³/mol. The van der Waals surface area contributed by atoms with Crippen molar-refractivity contribution in [1.82, 2.24) is 15.3 Å². The summed E-state index contributed by atoms with van der Waals surface area (Å²) in [7, 11) is 5.47. The van der Waals surface area contributed by atoms with Crippen molar-refractivity contribution in [1.29, 1.82) is 0 Å². The van der Waals surface area contributed by atoms with E-state index in [9.17, 15) is 4.79 Å². The molecule has 1 aromatic heterocycles. The Balaban J connectivity index is 1.96. The first-order valence-corrected chi connectivity index (χ1v) is 8.70. The summed E-state index contributed by atoms with van der Waals surface area (Å²) in [6.45, 7) is 0.624. The van der Waals surface area contributed by atoms with Crippen LogP contribution in [-0.4, -0.2) is 44.4 Å². The number of anilines is 1. The molecule has 1 aromatic carbocycles. The van der Waals surface area contributed by atoms with Gasteiger partial charge in [0.1, 0.15) is 13.6 Å². The normalized spacial score (nSPS) is 17.0. The molecule has 2 aromatic rings. The Morgan fingerprint density at radius 2 is 2.29 bits per heavy atom. The van der Waals surface area contributed by atoms with Gasteiger partial charge in [0.25, 0.3) is 0 Å². The van der Waals surface area contributed by atoms with Gasteiger partial charge in [-0.15, -0.1) is 0 Å². The number of methoxy groups -OCH3 is 1. The molecule has 24 heavy (non-hydrogen) atoms. The number of aromatic amines is 1. The Labute approximate surface area is 150 Å². The monoisotopic (exact) mass is 390 g/mol. The van der Waals surface area contributed by atoms with E-state index in [1.54, 1.807) is 7.11 Å². The van der Waals surface area contributed by atoms with Gasteiger partial charge in [-0.25, -0.2) is 4.98 Å². The molecule has 1 aliphatic heterocycles. The topological polar surface area (TPSA) is 79.0 Å². The number of amides is 1. The smallest absolute Gasteiger partial charge is 0.229 e. The number of hydrogen-bond donors (Lipinski definition) is 3. The van der Waals surface area contributed by atoms with Gasteiger partial charge in [-0.2, -0.15) is 0 Å². The molecule has 1 unspecified atom stereocenters. The van der Waals surface area contributed by atoms with Gasteiger partial charge in [0.05, 0.1) is 23.2 Å². The minimum absolute atomic E-state index is 0.0208. The lowest BCUT2D eigenvalue weighted by atomic mass is 9.88. The van der Waals surface area contributed by atoms with Crippen molar-refractivity contribution in [2.75, 3.05) is 26.0 Å². The minimum atomic E-state index is -0.305. The van der Waals surface area contributed by atoms with Gasteiger partial charge in [0.2, 0.25) is 5.91 Å². The second-order valence-corrected chi connectivity index (χ2v) is 6.78. The second kappa shape index (κ2) is 6.89. The number of benzene rings is 1. The van der Waals surface area contributed by atoms with Gasteiger partial charge in [-0.1, -0.05) is 6.07 Å². The molecule has 6 nitrogen and oxygen atoms in total. The van der Waals surface area contributed by atoms with Crippen LogP contribution in [0.25, 0.3) is 0 Å². The van der Waals surface area contributed by atoms with Crippen molar-refractivity contribution in [3.05, 3.63) is 33.6 Å². The zero-order valence-electron chi connectivity index (χ0n) is 14.0. The molecule has 1 aliphatic rings. The fraction of sp³-hybridized carbons (Fsp3) is 0.375. The summed E-state index contributed by atoms with van der Waals surface area (Å²) >= 11 is 3.54. The quantitative estimate of drug-likeness (QED) is 0.663. The Bertz CT molecular complexity index is 754. The summed E-state index contributed by atoms with van der Waals surface area (Å²) in [6.07, 6.45) is 1.36. The third kappa shape index (κ3) is 3.15. The van der Waals surface area contributed by atoms with Crippen LogP contribution >= 0.6 is 15.9 Å². The average Bonchev–Trinajstić information content (AvgIpc) is 2.89. The van der Waals surface area contributed by atoms with Crippen molar-refractivity contribution < 1.29 is 9.53 Å². The average molecular weight is 391 g/mol. The molecule has 0 fully saturated rings. The van der Waals surface area contributed by atoms with Gasteiger partial charge in [0.15, 0.2) is 5.95 Å². The van der Waals surface area contributed by atoms with Gasteiger partial charge in [-0.05, 0) is 39.4 Å². The highest BCUT2D eigenvalue weighted by atomic mass is 79.9. The van der Waals surface area contributed by atoms with E-state index in [1.165, 1.54) is 0 Å². The number of H-pyrrole nitrogens is 1. The minimum Gasteiger partial charge on any atom is -0.496 e. The van der Waals surface area contributed by atoms with E-state index in [0.717, 1.165) is 39.1 Å². The van der Waals surface area contributed by atoms with Crippen LogP contribution < -0.4 is 20.8 Å². The van der Waals surface area contributed by atoms with E-state index in [0.29, 0.717) is 18.9 Å². The number of nitrogens with one attached hydrogen (secondary N) is 3. The van der Waals surface area contributed by atoms with Crippen LogP contribution in [0, 0.1) is 0 Å². The molecule has 1 atom stereocenters. The molecule has 126 valence electrons. The number of aromatic nitrogens is 2. The summed E-state index contributed by atoms with van der Waals surface area (Å²) in [4.78, 5) is 20.4. The standard InChI is InChI=1S/C16H20BBrN4O2/c1-19-16-21-12-3-4-20-15(23)9(13(12)22-16)5-8-6-10(17)14(24-2)11(18)7-8/h6-7,9H,3-5,17H2,1-2H3,(H,20,23)(H2,19,21,22). The number of halogens is 1. The Hall–Kier alpha value is -1.96. The van der Waals surface area contributed by atoms with Crippen LogP contribution in [0.4, 0.5) is 5.95 Å². The summed E-state index contributed by atoms with van der Waals surface area (Å²) < 4.78 is 6.28. The van der Waals surface area contributed by atoms with Crippen LogP contribution in [0.1, 0.15) is 22.9 Å². The molecule has 0 aliphatic carbocycles. The number of imidazole rings is 1. The van der Waals surface area contributed by atoms with Gasteiger partial charge in [-0.3, -0.25) is 4.79 Å². The van der Waals surface area contributed by atoms with E-state index in [1.807, 2.05) is 21.0 Å². The van der Waals surface area contributed by atoms with Crippen LogP contribution in [0.5, 0.6) is 5.75 Å². The number of fused-ring (bicyclic) bond motifs is 1. The number of carbonyl (C=O) groups is 1. The Kier molecular flexibility index (Phi) is 4.84. The number of ether oxygens (including phenoxy) is 1. The highest BCUT2D eigenvalue weighted by Crippen LogP contribution is 2.29. The van der Waals surface area contributed by atoms with E-state index in [-0.39, 0.29) is 11.8 Å². The Morgan fingerprint density at radius 3 is 2.96 bits per heavy atom. The van der Waals surface area contributed by atoms with E-state index >= 15 is 0 Å². The van der Waals surface area contributed by atoms with Crippen molar-refractivity contribution in [3.8, 4) is 5.75 Å². The molecule has 3 rings (SSSR count). The molecule has 0 radical (unpaired) electrons. The maximum atomic E-state index is 12.6. The second-order valence-electron chi connectivity index (χ2n) is 5.92. The van der Waals surface area contributed by atoms with E-state index in [2.05, 4.69) is 42.6 Å². The van der Waals surface area contributed by atoms with Crippen molar-refractivity contribution >= 4 is 41.1 Å². The Morgan fingerprint density at radius 1 is 1.50 bits per heavy atom. The first kappa shape index (κ1) is 16.9. The van der Waals surface area contributed by atoms with Crippen LogP contribution in [-0.2, 0) is 17.6 Å². The van der Waals surface area contributed by atoms with Gasteiger partial charge < -0.3 is 20.4 Å². The van der Waals surface area contributed by atoms with Gasteiger partial charge >= 0.3 is 0 Å². The van der Waals surface area contributed by atoms with Crippen LogP contribution in [0.15, 0.2) is 16.6 Å². The SMILES string of the molecule is Bc1cc(CC2C(=O)NCCc3[nH]c(NC)nc32)cc(Br)c1OC. The van der Waals surface area contributed by atoms with E-state index < -0.39 is 0 Å². The molecule has 0 saturated carbocycles. The summed E-state index contributed by atoms with van der Waals surface area (Å²) in [5.74, 6) is 1.24. The molecular weight excluding hydrogens is 371 g/mol. The number of hydrogen-bond acceptors (Lipinski definition) is 4. The van der Waals surface area contributed by atoms with Crippen molar-refractivity contribution in [2.45, 2.75) is 18.8 Å². The summed E-state index contributed by atoms with van der Waals surface area (Å²) in [5.41, 5.74) is 3.96. The van der Waals surface area contributed by atoms with Gasteiger partial charge in [0, 0.05) is 25.7 Å². The number of nitrogens with zero attached hydrogens (tertiary/aromatic N) is 1. The first-order valence-electron chi connectivity index (χ1n) is 7.90. The molecule has 0 saturated heterocycles. The lowest BCUT2D eigenvalue weighted by molar-refractivity contribution is -0.122. The fourth-order valence-electron chi connectivity index (χ4n) is 3.18. The van der Waals surface area contributed by atoms with Crippen LogP contribution in [0.2, 0.25) is 0 Å². The molecular formula is C16H20BBrN4O2. The highest BCUT2D eigenvalue weighted by Gasteiger charge is 2.29. The lowest BCUT2D eigenvalue weighted by Crippen LogP contribution is -2.30. The molecule has 2 heterocycles. The number of rotatable bonds is 4. The summed E-state index contributed by atoms with van der Waals surface area (Å²) in [6, 6.07) is 4.07. The van der Waals surface area contributed by atoms with Crippen molar-refractivity contribution in [2.24, 2.45) is 0 Å². The third-order valence-electron chi connectivity index (χ3n) is 4.30. The zero-order chi connectivity index (χ0) is 17.3. The predicted octanol–water partition coefficient (Wildman–Crippen LogP) is 0.479. The zero-order valence-corrected chi connectivity index (χ0v) is 15.6. The molecule has 8 heteroatoms. The molecule has 1 amide bonds. The highest BCUT2D eigenvalue weighted by molar-refractivity contribution is 9.10. The maximum absolute atomic E-state index is 12.6. The van der Waals surface area contributed by atoms with Crippen LogP contribution in [0.3, 0.4) is 0 Å². The van der Waals surface area contributed by atoms with Crippen molar-refractivity contribution in [3.63, 3.8) is 0 Å². The third-order valence-corrected chi connectivity index (χ3v) is 4.89. The maximum Gasteiger partial charge on any atom is 0.229 e. The molecule has 0 bridgehead atoms. The first-order chi connectivity index (χ1) is 11.5. The summed E-state index contributed by atoms with van der Waals surface area (Å²) in [5, 5.41) is 6.00. The fourth-order valence-corrected chi connectivity index (χ4v) is 3.95.